The zero-order valence-electron chi connectivity index (χ0n) is 10.5. The van der Waals surface area contributed by atoms with Crippen LogP contribution in [-0.2, 0) is 6.42 Å². The Kier molecular flexibility index (Phi) is 3.12. The van der Waals surface area contributed by atoms with E-state index >= 15 is 0 Å². The van der Waals surface area contributed by atoms with Gasteiger partial charge in [-0.15, -0.1) is 0 Å². The van der Waals surface area contributed by atoms with E-state index in [-0.39, 0.29) is 0 Å². The molecule has 92 valence electrons. The van der Waals surface area contributed by atoms with Gasteiger partial charge in [0.2, 0.25) is 0 Å². The van der Waals surface area contributed by atoms with Crippen LogP contribution in [-0.4, -0.2) is 42.1 Å². The van der Waals surface area contributed by atoms with Crippen LogP contribution in [0.25, 0.3) is 0 Å². The van der Waals surface area contributed by atoms with Gasteiger partial charge in [0.1, 0.15) is 0 Å². The minimum absolute atomic E-state index is 0.747. The quantitative estimate of drug-likeness (QED) is 0.846. The Morgan fingerprint density at radius 1 is 1.35 bits per heavy atom. The van der Waals surface area contributed by atoms with Gasteiger partial charge >= 0.3 is 0 Å². The van der Waals surface area contributed by atoms with Crippen LogP contribution in [0.3, 0.4) is 0 Å². The number of pyridine rings is 1. The molecule has 0 radical (unpaired) electrons. The topological polar surface area (TPSA) is 28.2 Å². The fraction of sp³-hybridized carbons (Fsp3) is 0.643. The number of hydrogen-bond acceptors (Lipinski definition) is 3. The first-order valence-electron chi connectivity index (χ1n) is 6.68. The third kappa shape index (κ3) is 2.22. The molecule has 3 nitrogen and oxygen atoms in total. The predicted octanol–water partition coefficient (Wildman–Crippen LogP) is 1.16. The summed E-state index contributed by atoms with van der Waals surface area (Å²) in [6.07, 6.45) is 4.93. The van der Waals surface area contributed by atoms with Gasteiger partial charge in [-0.25, -0.2) is 0 Å². The lowest BCUT2D eigenvalue weighted by Crippen LogP contribution is -2.34. The van der Waals surface area contributed by atoms with Crippen LogP contribution in [0.1, 0.15) is 12.5 Å². The van der Waals surface area contributed by atoms with Crippen molar-refractivity contribution in [3.8, 4) is 0 Å². The van der Waals surface area contributed by atoms with E-state index in [9.17, 15) is 0 Å². The molecule has 0 bridgehead atoms. The molecule has 0 aromatic carbocycles. The number of nitrogens with zero attached hydrogens (tertiary/aromatic N) is 2. The molecule has 17 heavy (non-hydrogen) atoms. The first-order chi connectivity index (χ1) is 8.34. The van der Waals surface area contributed by atoms with Crippen molar-refractivity contribution in [2.45, 2.75) is 19.4 Å². The van der Waals surface area contributed by atoms with Crippen molar-refractivity contribution in [1.29, 1.82) is 0 Å². The van der Waals surface area contributed by atoms with Crippen molar-refractivity contribution in [2.75, 3.05) is 26.2 Å². The molecule has 1 N–H and O–H groups in total. The highest BCUT2D eigenvalue weighted by atomic mass is 15.2. The van der Waals surface area contributed by atoms with Crippen LogP contribution in [0.15, 0.2) is 24.5 Å². The summed E-state index contributed by atoms with van der Waals surface area (Å²) < 4.78 is 0. The molecule has 2 aliphatic rings. The zero-order valence-corrected chi connectivity index (χ0v) is 10.5. The van der Waals surface area contributed by atoms with Gasteiger partial charge < -0.3 is 5.32 Å². The minimum atomic E-state index is 0.747. The van der Waals surface area contributed by atoms with Crippen LogP contribution in [0.5, 0.6) is 0 Å². The highest BCUT2D eigenvalue weighted by Crippen LogP contribution is 2.32. The fourth-order valence-electron chi connectivity index (χ4n) is 3.37. The van der Waals surface area contributed by atoms with Gasteiger partial charge in [-0.3, -0.25) is 9.88 Å². The van der Waals surface area contributed by atoms with Gasteiger partial charge in [0, 0.05) is 31.5 Å². The molecule has 2 aliphatic heterocycles. The molecule has 2 fully saturated rings. The van der Waals surface area contributed by atoms with Crippen molar-refractivity contribution in [2.24, 2.45) is 11.8 Å². The van der Waals surface area contributed by atoms with E-state index in [2.05, 4.69) is 34.3 Å². The molecule has 1 aromatic heterocycles. The second kappa shape index (κ2) is 4.75. The third-order valence-electron chi connectivity index (χ3n) is 4.49. The summed E-state index contributed by atoms with van der Waals surface area (Å²) >= 11 is 0. The Bertz CT molecular complexity index is 365. The van der Waals surface area contributed by atoms with Crippen LogP contribution in [0.2, 0.25) is 0 Å². The van der Waals surface area contributed by atoms with E-state index < -0.39 is 0 Å². The van der Waals surface area contributed by atoms with Crippen LogP contribution >= 0.6 is 0 Å². The maximum absolute atomic E-state index is 4.06. The largest absolute Gasteiger partial charge is 0.316 e. The molecule has 3 atom stereocenters. The van der Waals surface area contributed by atoms with E-state index in [0.29, 0.717) is 0 Å². The molecule has 2 saturated heterocycles. The minimum Gasteiger partial charge on any atom is -0.316 e. The van der Waals surface area contributed by atoms with Crippen LogP contribution in [0, 0.1) is 11.8 Å². The van der Waals surface area contributed by atoms with E-state index in [1.165, 1.54) is 31.7 Å². The SMILES string of the molecule is CC1C2CNCC2CN1CCc1ccncc1. The molecule has 3 rings (SSSR count). The maximum Gasteiger partial charge on any atom is 0.0270 e. The number of aromatic nitrogens is 1. The normalized spacial score (nSPS) is 32.9. The lowest BCUT2D eigenvalue weighted by atomic mass is 9.95. The number of fused-ring (bicyclic) bond motifs is 1. The van der Waals surface area contributed by atoms with E-state index in [1.54, 1.807) is 0 Å². The molecule has 0 spiro atoms. The van der Waals surface area contributed by atoms with Crippen molar-refractivity contribution >= 4 is 0 Å². The van der Waals surface area contributed by atoms with Crippen molar-refractivity contribution in [1.82, 2.24) is 15.2 Å². The molecule has 0 amide bonds. The van der Waals surface area contributed by atoms with Crippen molar-refractivity contribution in [3.63, 3.8) is 0 Å². The van der Waals surface area contributed by atoms with Gasteiger partial charge in [-0.1, -0.05) is 0 Å². The number of rotatable bonds is 3. The molecule has 3 heterocycles. The Morgan fingerprint density at radius 3 is 2.94 bits per heavy atom. The zero-order chi connectivity index (χ0) is 11.7. The number of hydrogen-bond donors (Lipinski definition) is 1. The van der Waals surface area contributed by atoms with Crippen LogP contribution in [0.4, 0.5) is 0 Å². The Morgan fingerprint density at radius 2 is 2.18 bits per heavy atom. The molecular weight excluding hydrogens is 210 g/mol. The Labute approximate surface area is 103 Å². The number of nitrogens with one attached hydrogen (secondary N) is 1. The van der Waals surface area contributed by atoms with Gasteiger partial charge in [-0.05, 0) is 56.0 Å². The number of likely N-dealkylation sites (tertiary alicyclic amines) is 1. The summed E-state index contributed by atoms with van der Waals surface area (Å²) in [5.41, 5.74) is 1.40. The van der Waals surface area contributed by atoms with Crippen molar-refractivity contribution < 1.29 is 0 Å². The van der Waals surface area contributed by atoms with Gasteiger partial charge in [0.15, 0.2) is 0 Å². The van der Waals surface area contributed by atoms with E-state index in [4.69, 9.17) is 0 Å². The average Bonchev–Trinajstić information content (AvgIpc) is 2.92. The smallest absolute Gasteiger partial charge is 0.0270 e. The second-order valence-electron chi connectivity index (χ2n) is 5.42. The van der Waals surface area contributed by atoms with Gasteiger partial charge in [0.05, 0.1) is 0 Å². The average molecular weight is 231 g/mol. The summed E-state index contributed by atoms with van der Waals surface area (Å²) in [5.74, 6) is 1.77. The van der Waals surface area contributed by atoms with Gasteiger partial charge in [0.25, 0.3) is 0 Å². The van der Waals surface area contributed by atoms with E-state index in [1.807, 2.05) is 12.4 Å². The lowest BCUT2D eigenvalue weighted by Gasteiger charge is -2.24. The fourth-order valence-corrected chi connectivity index (χ4v) is 3.37. The third-order valence-corrected chi connectivity index (χ3v) is 4.49. The summed E-state index contributed by atoms with van der Waals surface area (Å²) in [6, 6.07) is 5.00. The van der Waals surface area contributed by atoms with Gasteiger partial charge in [-0.2, -0.15) is 0 Å². The molecule has 0 saturated carbocycles. The molecular formula is C14H21N3. The predicted molar refractivity (Wildman–Crippen MR) is 68.8 cm³/mol. The summed E-state index contributed by atoms with van der Waals surface area (Å²) in [4.78, 5) is 6.73. The first-order valence-corrected chi connectivity index (χ1v) is 6.68. The van der Waals surface area contributed by atoms with Crippen molar-refractivity contribution in [3.05, 3.63) is 30.1 Å². The highest BCUT2D eigenvalue weighted by Gasteiger charge is 2.41. The lowest BCUT2D eigenvalue weighted by molar-refractivity contribution is 0.242. The summed E-state index contributed by atoms with van der Waals surface area (Å²) in [7, 11) is 0. The molecule has 0 aliphatic carbocycles. The summed E-state index contributed by atoms with van der Waals surface area (Å²) in [6.45, 7) is 7.31. The maximum atomic E-state index is 4.06. The summed E-state index contributed by atoms with van der Waals surface area (Å²) in [5, 5.41) is 3.51. The molecule has 3 heteroatoms. The molecule has 3 unspecified atom stereocenters. The molecule has 1 aromatic rings. The first kappa shape index (κ1) is 11.2. The second-order valence-corrected chi connectivity index (χ2v) is 5.42. The monoisotopic (exact) mass is 231 g/mol. The van der Waals surface area contributed by atoms with Crippen LogP contribution < -0.4 is 5.32 Å². The Balaban J connectivity index is 1.56. The Hall–Kier alpha value is -0.930. The highest BCUT2D eigenvalue weighted by molar-refractivity contribution is 5.10. The van der Waals surface area contributed by atoms with E-state index in [0.717, 1.165) is 24.3 Å². The standard InChI is InChI=1S/C14H21N3/c1-11-14-9-16-8-13(14)10-17(11)7-4-12-2-5-15-6-3-12/h2-3,5-6,11,13-14,16H,4,7-10H2,1H3.